The fourth-order valence-corrected chi connectivity index (χ4v) is 4.75. The topological polar surface area (TPSA) is 95.6 Å². The average Bonchev–Trinajstić information content (AvgIpc) is 3.38. The summed E-state index contributed by atoms with van der Waals surface area (Å²) in [7, 11) is 0. The zero-order valence-electron chi connectivity index (χ0n) is 21.2. The molecule has 1 aliphatic heterocycles. The zero-order chi connectivity index (χ0) is 26.3. The van der Waals surface area contributed by atoms with Gasteiger partial charge >= 0.3 is 0 Å². The summed E-state index contributed by atoms with van der Waals surface area (Å²) in [4.78, 5) is 22.4. The van der Waals surface area contributed by atoms with E-state index in [4.69, 9.17) is 0 Å². The molecule has 5 aromatic rings. The Kier molecular flexibility index (Phi) is 5.96. The molecule has 10 heteroatoms. The van der Waals surface area contributed by atoms with Crippen molar-refractivity contribution in [1.29, 1.82) is 0 Å². The standard InChI is InChI=1S/C28H27FN8O/c1-19-3-4-20(14-30-19)21-13-25-26(33-18-34-37(25)17-21)35-9-11-36(12-10-35)27-31-15-23(16-32-27)28(2,38)22-5-7-24(29)8-6-22/h3-8,13-18,38H,9-12H2,1-2H3. The smallest absolute Gasteiger partial charge is 0.225 e. The number of rotatable bonds is 5. The van der Waals surface area contributed by atoms with Gasteiger partial charge in [-0.2, -0.15) is 5.10 Å². The van der Waals surface area contributed by atoms with E-state index in [9.17, 15) is 9.50 Å². The van der Waals surface area contributed by atoms with Gasteiger partial charge in [0, 0.05) is 73.4 Å². The molecule has 38 heavy (non-hydrogen) atoms. The number of benzene rings is 1. The highest BCUT2D eigenvalue weighted by Gasteiger charge is 2.28. The molecule has 9 nitrogen and oxygen atoms in total. The first-order valence-corrected chi connectivity index (χ1v) is 12.5. The minimum atomic E-state index is -1.33. The molecule has 5 heterocycles. The van der Waals surface area contributed by atoms with Crippen LogP contribution in [0.5, 0.6) is 0 Å². The molecule has 192 valence electrons. The molecule has 1 fully saturated rings. The highest BCUT2D eigenvalue weighted by atomic mass is 19.1. The zero-order valence-corrected chi connectivity index (χ0v) is 21.2. The Morgan fingerprint density at radius 3 is 2.21 bits per heavy atom. The average molecular weight is 511 g/mol. The molecule has 0 bridgehead atoms. The van der Waals surface area contributed by atoms with E-state index in [0.29, 0.717) is 17.1 Å². The van der Waals surface area contributed by atoms with E-state index in [0.717, 1.165) is 54.3 Å². The van der Waals surface area contributed by atoms with Crippen LogP contribution in [0.15, 0.2) is 73.6 Å². The summed E-state index contributed by atoms with van der Waals surface area (Å²) >= 11 is 0. The van der Waals surface area contributed by atoms with Gasteiger partial charge in [-0.25, -0.2) is 23.9 Å². The molecule has 6 rings (SSSR count). The van der Waals surface area contributed by atoms with Gasteiger partial charge in [0.05, 0.1) is 0 Å². The number of fused-ring (bicyclic) bond motifs is 1. The van der Waals surface area contributed by atoms with Crippen molar-refractivity contribution < 1.29 is 9.50 Å². The van der Waals surface area contributed by atoms with Gasteiger partial charge in [0.25, 0.3) is 0 Å². The normalized spacial score (nSPS) is 15.6. The molecule has 1 atom stereocenters. The summed E-state index contributed by atoms with van der Waals surface area (Å²) in [6.07, 6.45) is 8.72. The second-order valence-electron chi connectivity index (χ2n) is 9.66. The summed E-state index contributed by atoms with van der Waals surface area (Å²) in [5.41, 5.74) is 3.80. The quantitative estimate of drug-likeness (QED) is 0.383. The van der Waals surface area contributed by atoms with Gasteiger partial charge < -0.3 is 14.9 Å². The molecule has 0 spiro atoms. The molecular weight excluding hydrogens is 483 g/mol. The van der Waals surface area contributed by atoms with Crippen LogP contribution >= 0.6 is 0 Å². The first kappa shape index (κ1) is 23.9. The predicted molar refractivity (Wildman–Crippen MR) is 142 cm³/mol. The van der Waals surface area contributed by atoms with E-state index in [-0.39, 0.29) is 5.82 Å². The van der Waals surface area contributed by atoms with Crippen LogP contribution in [0.1, 0.15) is 23.7 Å². The highest BCUT2D eigenvalue weighted by Crippen LogP contribution is 2.30. The SMILES string of the molecule is Cc1ccc(-c2cc3c(N4CCN(c5ncc(C(C)(O)c6ccc(F)cc6)cn5)CC4)ncnn3c2)cn1. The minimum Gasteiger partial charge on any atom is -0.381 e. The number of aliphatic hydroxyl groups is 1. The van der Waals surface area contributed by atoms with Crippen molar-refractivity contribution in [3.8, 4) is 11.1 Å². The molecule has 4 aromatic heterocycles. The van der Waals surface area contributed by atoms with Crippen LogP contribution in [-0.4, -0.2) is 60.8 Å². The number of piperazine rings is 1. The van der Waals surface area contributed by atoms with Crippen LogP contribution in [0.4, 0.5) is 16.2 Å². The molecule has 0 radical (unpaired) electrons. The second-order valence-corrected chi connectivity index (χ2v) is 9.66. The Balaban J connectivity index is 1.16. The van der Waals surface area contributed by atoms with Crippen molar-refractivity contribution in [2.24, 2.45) is 0 Å². The van der Waals surface area contributed by atoms with Gasteiger partial charge in [0.2, 0.25) is 5.95 Å². The molecule has 1 N–H and O–H groups in total. The third-order valence-corrected chi connectivity index (χ3v) is 7.10. The lowest BCUT2D eigenvalue weighted by Gasteiger charge is -2.35. The Morgan fingerprint density at radius 2 is 1.53 bits per heavy atom. The van der Waals surface area contributed by atoms with Crippen LogP contribution in [0, 0.1) is 12.7 Å². The molecule has 1 unspecified atom stereocenters. The van der Waals surface area contributed by atoms with E-state index in [1.54, 1.807) is 37.8 Å². The lowest BCUT2D eigenvalue weighted by atomic mass is 9.90. The first-order valence-electron chi connectivity index (χ1n) is 12.5. The maximum absolute atomic E-state index is 13.3. The van der Waals surface area contributed by atoms with Crippen LogP contribution in [0.3, 0.4) is 0 Å². The monoisotopic (exact) mass is 510 g/mol. The van der Waals surface area contributed by atoms with E-state index >= 15 is 0 Å². The fourth-order valence-electron chi connectivity index (χ4n) is 4.75. The first-order chi connectivity index (χ1) is 18.4. The second kappa shape index (κ2) is 9.46. The number of aromatic nitrogens is 6. The van der Waals surface area contributed by atoms with E-state index in [1.807, 2.05) is 29.9 Å². The number of nitrogens with zero attached hydrogens (tertiary/aromatic N) is 8. The lowest BCUT2D eigenvalue weighted by Crippen LogP contribution is -2.47. The molecule has 1 aromatic carbocycles. The highest BCUT2D eigenvalue weighted by molar-refractivity contribution is 5.77. The number of pyridine rings is 1. The molecule has 1 aliphatic rings. The van der Waals surface area contributed by atoms with Crippen molar-refractivity contribution in [1.82, 2.24) is 29.5 Å². The van der Waals surface area contributed by atoms with Crippen LogP contribution in [0.25, 0.3) is 16.6 Å². The third kappa shape index (κ3) is 4.43. The fraction of sp³-hybridized carbons (Fsp3) is 0.250. The summed E-state index contributed by atoms with van der Waals surface area (Å²) in [5.74, 6) is 1.14. The van der Waals surface area contributed by atoms with Crippen molar-refractivity contribution in [2.45, 2.75) is 19.4 Å². The number of aryl methyl sites for hydroxylation is 1. The summed E-state index contributed by atoms with van der Waals surface area (Å²) in [6.45, 7) is 6.57. The van der Waals surface area contributed by atoms with Crippen molar-refractivity contribution in [3.05, 3.63) is 96.2 Å². The number of halogens is 1. The maximum Gasteiger partial charge on any atom is 0.225 e. The molecule has 0 amide bonds. The van der Waals surface area contributed by atoms with Crippen molar-refractivity contribution in [3.63, 3.8) is 0 Å². The number of hydrogen-bond acceptors (Lipinski definition) is 8. The molecule has 0 saturated carbocycles. The third-order valence-electron chi connectivity index (χ3n) is 7.10. The van der Waals surface area contributed by atoms with Gasteiger partial charge in [-0.3, -0.25) is 4.98 Å². The largest absolute Gasteiger partial charge is 0.381 e. The van der Waals surface area contributed by atoms with Crippen LogP contribution < -0.4 is 9.80 Å². The van der Waals surface area contributed by atoms with Gasteiger partial charge in [-0.15, -0.1) is 0 Å². The summed E-state index contributed by atoms with van der Waals surface area (Å²) in [6, 6.07) is 12.0. The Labute approximate surface area is 219 Å². The Morgan fingerprint density at radius 1 is 0.816 bits per heavy atom. The van der Waals surface area contributed by atoms with E-state index in [2.05, 4.69) is 47.0 Å². The predicted octanol–water partition coefficient (Wildman–Crippen LogP) is 3.61. The molecule has 1 saturated heterocycles. The Hall–Kier alpha value is -4.44. The lowest BCUT2D eigenvalue weighted by molar-refractivity contribution is 0.101. The van der Waals surface area contributed by atoms with E-state index < -0.39 is 5.60 Å². The van der Waals surface area contributed by atoms with Gasteiger partial charge in [0.1, 0.15) is 23.3 Å². The minimum absolute atomic E-state index is 0.348. The molecular formula is C28H27FN8O. The summed E-state index contributed by atoms with van der Waals surface area (Å²) in [5, 5.41) is 15.4. The molecule has 0 aliphatic carbocycles. The van der Waals surface area contributed by atoms with Gasteiger partial charge in [-0.1, -0.05) is 18.2 Å². The van der Waals surface area contributed by atoms with Crippen LogP contribution in [-0.2, 0) is 5.60 Å². The van der Waals surface area contributed by atoms with Crippen molar-refractivity contribution in [2.75, 3.05) is 36.0 Å². The number of hydrogen-bond donors (Lipinski definition) is 1. The number of anilines is 2. The Bertz CT molecular complexity index is 1560. The summed E-state index contributed by atoms with van der Waals surface area (Å²) < 4.78 is 15.2. The van der Waals surface area contributed by atoms with Gasteiger partial charge in [-0.05, 0) is 43.7 Å². The van der Waals surface area contributed by atoms with E-state index in [1.165, 1.54) is 12.1 Å². The van der Waals surface area contributed by atoms with Crippen molar-refractivity contribution >= 4 is 17.3 Å². The maximum atomic E-state index is 13.3. The van der Waals surface area contributed by atoms with Gasteiger partial charge in [0.15, 0.2) is 5.82 Å². The van der Waals surface area contributed by atoms with Crippen LogP contribution in [0.2, 0.25) is 0 Å².